The Balaban J connectivity index is 0.00000306. The number of hydrogen-bond donors (Lipinski definition) is 1. The van der Waals surface area contributed by atoms with Crippen molar-refractivity contribution >= 4 is 0 Å². The molecule has 7 nitrogen and oxygen atoms in total. The van der Waals surface area contributed by atoms with Crippen LogP contribution in [-0.2, 0) is 12.0 Å². The molecule has 4 aromatic rings. The van der Waals surface area contributed by atoms with Gasteiger partial charge in [0.15, 0.2) is 5.76 Å². The van der Waals surface area contributed by atoms with Gasteiger partial charge in [0.1, 0.15) is 11.4 Å². The first kappa shape index (κ1) is 21.3. The summed E-state index contributed by atoms with van der Waals surface area (Å²) in [5, 5.41) is 16.8. The van der Waals surface area contributed by atoms with E-state index in [1.165, 1.54) is 5.56 Å². The van der Waals surface area contributed by atoms with Gasteiger partial charge in [-0.25, -0.2) is 4.98 Å². The molecule has 162 valence electrons. The van der Waals surface area contributed by atoms with Crippen LogP contribution in [0, 0.1) is 18.3 Å². The molecule has 0 saturated carbocycles. The van der Waals surface area contributed by atoms with E-state index in [2.05, 4.69) is 38.6 Å². The molecule has 3 heterocycles. The van der Waals surface area contributed by atoms with Crippen molar-refractivity contribution in [3.8, 4) is 40.0 Å². The fourth-order valence-corrected chi connectivity index (χ4v) is 3.33. The van der Waals surface area contributed by atoms with Crippen molar-refractivity contribution in [2.24, 2.45) is 0 Å². The molecule has 0 unspecified atom stereocenters. The van der Waals surface area contributed by atoms with E-state index in [1.807, 2.05) is 58.2 Å². The quantitative estimate of drug-likeness (QED) is 0.466. The third-order valence-corrected chi connectivity index (χ3v) is 5.31. The average Bonchev–Trinajstić information content (AvgIpc) is 3.30. The first-order valence-electron chi connectivity index (χ1n) is 10.3. The average molecular weight is 427 g/mol. The van der Waals surface area contributed by atoms with E-state index in [0.717, 1.165) is 29.1 Å². The zero-order chi connectivity index (χ0) is 22.7. The molecule has 0 aliphatic carbocycles. The van der Waals surface area contributed by atoms with Crippen LogP contribution < -0.4 is 5.32 Å². The highest BCUT2D eigenvalue weighted by molar-refractivity contribution is 5.68. The van der Waals surface area contributed by atoms with E-state index in [-0.39, 0.29) is 1.43 Å². The van der Waals surface area contributed by atoms with Crippen molar-refractivity contribution in [2.75, 3.05) is 7.05 Å². The fraction of sp³-hybridized carbons (Fsp3) is 0.240. The lowest BCUT2D eigenvalue weighted by molar-refractivity contribution is 0.433. The van der Waals surface area contributed by atoms with Gasteiger partial charge in [0, 0.05) is 31.4 Å². The Kier molecular flexibility index (Phi) is 5.80. The van der Waals surface area contributed by atoms with Crippen molar-refractivity contribution in [3.63, 3.8) is 0 Å². The Morgan fingerprint density at radius 1 is 1.06 bits per heavy atom. The number of benzene rings is 1. The van der Waals surface area contributed by atoms with Gasteiger partial charge in [-0.05, 0) is 45.5 Å². The molecule has 0 amide bonds. The van der Waals surface area contributed by atoms with Crippen molar-refractivity contribution in [1.29, 1.82) is 5.26 Å². The van der Waals surface area contributed by atoms with Crippen LogP contribution in [-0.4, -0.2) is 27.2 Å². The summed E-state index contributed by atoms with van der Waals surface area (Å²) in [5.41, 5.74) is 5.79. The van der Waals surface area contributed by atoms with Crippen LogP contribution in [0.1, 0.15) is 32.2 Å². The summed E-state index contributed by atoms with van der Waals surface area (Å²) >= 11 is 0. The second kappa shape index (κ2) is 8.69. The van der Waals surface area contributed by atoms with Gasteiger partial charge in [0.2, 0.25) is 0 Å². The van der Waals surface area contributed by atoms with Gasteiger partial charge in [-0.3, -0.25) is 9.97 Å². The van der Waals surface area contributed by atoms with Crippen LogP contribution in [0.15, 0.2) is 59.4 Å². The van der Waals surface area contributed by atoms with Crippen LogP contribution in [0.5, 0.6) is 0 Å². The van der Waals surface area contributed by atoms with Crippen LogP contribution in [0.4, 0.5) is 0 Å². The summed E-state index contributed by atoms with van der Waals surface area (Å²) in [6.45, 7) is 6.38. The van der Waals surface area contributed by atoms with E-state index < -0.39 is 5.41 Å². The number of rotatable bonds is 6. The molecule has 0 aliphatic heterocycles. The minimum Gasteiger partial charge on any atom is -0.354 e. The van der Waals surface area contributed by atoms with Gasteiger partial charge in [-0.15, -0.1) is 0 Å². The Bertz CT molecular complexity index is 1290. The maximum absolute atomic E-state index is 9.44. The van der Waals surface area contributed by atoms with Gasteiger partial charge in [0.25, 0.3) is 0 Å². The van der Waals surface area contributed by atoms with Crippen LogP contribution in [0.25, 0.3) is 34.0 Å². The normalized spacial score (nSPS) is 11.3. The number of nitriles is 1. The summed E-state index contributed by atoms with van der Waals surface area (Å²) in [7, 11) is 1.92. The lowest BCUT2D eigenvalue weighted by Gasteiger charge is -2.15. The van der Waals surface area contributed by atoms with Crippen molar-refractivity contribution in [2.45, 2.75) is 32.7 Å². The van der Waals surface area contributed by atoms with E-state index in [4.69, 9.17) is 9.51 Å². The number of nitrogens with one attached hydrogen (secondary N) is 1. The predicted molar refractivity (Wildman–Crippen MR) is 124 cm³/mol. The summed E-state index contributed by atoms with van der Waals surface area (Å²) < 4.78 is 5.63. The van der Waals surface area contributed by atoms with E-state index in [0.29, 0.717) is 22.8 Å². The van der Waals surface area contributed by atoms with Gasteiger partial charge in [-0.2, -0.15) is 5.26 Å². The minimum absolute atomic E-state index is 0. The smallest absolute Gasteiger partial charge is 0.187 e. The summed E-state index contributed by atoms with van der Waals surface area (Å²) in [6.07, 6.45) is 3.41. The maximum Gasteiger partial charge on any atom is 0.187 e. The number of aryl methyl sites for hydroxylation is 1. The lowest BCUT2D eigenvalue weighted by Crippen LogP contribution is -2.15. The lowest BCUT2D eigenvalue weighted by atomic mass is 9.90. The third-order valence-electron chi connectivity index (χ3n) is 5.31. The molecular formula is C25H26N6O. The highest BCUT2D eigenvalue weighted by Crippen LogP contribution is 2.29. The van der Waals surface area contributed by atoms with Crippen molar-refractivity contribution in [3.05, 3.63) is 71.8 Å². The molecule has 1 aromatic carbocycles. The zero-order valence-electron chi connectivity index (χ0n) is 18.5. The van der Waals surface area contributed by atoms with Crippen molar-refractivity contribution < 1.29 is 5.95 Å². The zero-order valence-corrected chi connectivity index (χ0v) is 18.5. The molecule has 0 aliphatic rings. The molecular weight excluding hydrogens is 400 g/mol. The summed E-state index contributed by atoms with van der Waals surface area (Å²) in [4.78, 5) is 13.7. The number of hydrogen-bond acceptors (Lipinski definition) is 7. The van der Waals surface area contributed by atoms with E-state index >= 15 is 0 Å². The van der Waals surface area contributed by atoms with Gasteiger partial charge >= 0.3 is 0 Å². The highest BCUT2D eigenvalue weighted by Gasteiger charge is 2.22. The van der Waals surface area contributed by atoms with Crippen LogP contribution in [0.2, 0.25) is 0 Å². The third kappa shape index (κ3) is 4.27. The number of pyridine rings is 1. The Morgan fingerprint density at radius 2 is 1.84 bits per heavy atom. The summed E-state index contributed by atoms with van der Waals surface area (Å²) in [5.74, 6) is 0.554. The highest BCUT2D eigenvalue weighted by atomic mass is 16.5. The predicted octanol–water partition coefficient (Wildman–Crippen LogP) is 4.94. The fourth-order valence-electron chi connectivity index (χ4n) is 3.33. The SMILES string of the molecule is CNCc1ccc(-c2cc(-c3nc(-c4ccnc(C(C)(C)C#N)c4)cnc3C)on2)cc1.[HH]. The largest absolute Gasteiger partial charge is 0.354 e. The van der Waals surface area contributed by atoms with Gasteiger partial charge in [-0.1, -0.05) is 29.4 Å². The van der Waals surface area contributed by atoms with Crippen LogP contribution >= 0.6 is 0 Å². The molecule has 0 spiro atoms. The first-order valence-corrected chi connectivity index (χ1v) is 10.3. The maximum atomic E-state index is 9.44. The molecule has 0 saturated heterocycles. The molecule has 0 atom stereocenters. The molecule has 3 aromatic heterocycles. The van der Waals surface area contributed by atoms with Gasteiger partial charge < -0.3 is 9.84 Å². The Morgan fingerprint density at radius 3 is 2.56 bits per heavy atom. The van der Waals surface area contributed by atoms with E-state index in [1.54, 1.807) is 12.4 Å². The molecule has 0 bridgehead atoms. The Labute approximate surface area is 188 Å². The number of nitrogens with zero attached hydrogens (tertiary/aromatic N) is 5. The standard InChI is InChI=1S/C25H24N6O.H2/c1-16-24(22-12-20(31-32-22)18-7-5-17(6-8-18)13-27-4)30-21(14-29-16)19-9-10-28-23(11-19)25(2,3)15-26;/h5-12,14,27H,13H2,1-4H3;1H. The molecule has 0 fully saturated rings. The summed E-state index contributed by atoms with van der Waals surface area (Å²) in [6, 6.07) is 16.1. The second-order valence-corrected chi connectivity index (χ2v) is 8.16. The molecule has 32 heavy (non-hydrogen) atoms. The first-order chi connectivity index (χ1) is 15.4. The van der Waals surface area contributed by atoms with Gasteiger partial charge in [0.05, 0.1) is 34.8 Å². The molecule has 7 heteroatoms. The van der Waals surface area contributed by atoms with Crippen molar-refractivity contribution in [1.82, 2.24) is 25.4 Å². The monoisotopic (exact) mass is 426 g/mol. The van der Waals surface area contributed by atoms with E-state index in [9.17, 15) is 5.26 Å². The van der Waals surface area contributed by atoms with Crippen LogP contribution in [0.3, 0.4) is 0 Å². The number of aromatic nitrogens is 4. The Hall–Kier alpha value is -3.89. The minimum atomic E-state index is -0.695. The second-order valence-electron chi connectivity index (χ2n) is 8.16. The topological polar surface area (TPSA) is 101 Å². The molecule has 4 rings (SSSR count). The molecule has 1 N–H and O–H groups in total. The molecule has 0 radical (unpaired) electrons.